The van der Waals surface area contributed by atoms with E-state index in [9.17, 15) is 9.90 Å². The zero-order valence-corrected chi connectivity index (χ0v) is 15.3. The molecule has 1 unspecified atom stereocenters. The summed E-state index contributed by atoms with van der Waals surface area (Å²) in [4.78, 5) is 15.6. The SMILES string of the molecule is CN/C(=N\C#N)N[C@H]1CC[C@](CNC(=O)C(C)O)(c2ccccc2)CC1. The zero-order valence-electron chi connectivity index (χ0n) is 15.3. The molecule has 4 N–H and O–H groups in total. The third-order valence-corrected chi connectivity index (χ3v) is 5.05. The van der Waals surface area contributed by atoms with Crippen LogP contribution in [-0.4, -0.2) is 42.7 Å². The first-order valence-corrected chi connectivity index (χ1v) is 8.93. The Hall–Kier alpha value is -2.59. The van der Waals surface area contributed by atoms with E-state index in [0.29, 0.717) is 12.5 Å². The van der Waals surface area contributed by atoms with E-state index in [0.717, 1.165) is 25.7 Å². The molecule has 7 heteroatoms. The van der Waals surface area contributed by atoms with Crippen LogP contribution in [0.15, 0.2) is 35.3 Å². The van der Waals surface area contributed by atoms with Gasteiger partial charge in [0, 0.05) is 25.0 Å². The maximum Gasteiger partial charge on any atom is 0.248 e. The minimum Gasteiger partial charge on any atom is -0.384 e. The highest BCUT2D eigenvalue weighted by atomic mass is 16.3. The van der Waals surface area contributed by atoms with Gasteiger partial charge in [-0.3, -0.25) is 4.79 Å². The van der Waals surface area contributed by atoms with Crippen LogP contribution in [0.2, 0.25) is 0 Å². The number of aliphatic hydroxyl groups excluding tert-OH is 1. The fourth-order valence-corrected chi connectivity index (χ4v) is 3.48. The quantitative estimate of drug-likeness (QED) is 0.357. The first kappa shape index (κ1) is 19.7. The Kier molecular flexibility index (Phi) is 6.98. The maximum atomic E-state index is 11.9. The average Bonchev–Trinajstić information content (AvgIpc) is 2.67. The molecule has 2 rings (SSSR count). The van der Waals surface area contributed by atoms with Gasteiger partial charge in [0.25, 0.3) is 0 Å². The van der Waals surface area contributed by atoms with Gasteiger partial charge in [-0.15, -0.1) is 4.99 Å². The van der Waals surface area contributed by atoms with Crippen LogP contribution in [-0.2, 0) is 10.2 Å². The highest BCUT2D eigenvalue weighted by molar-refractivity contribution is 5.81. The van der Waals surface area contributed by atoms with Gasteiger partial charge in [0.2, 0.25) is 18.1 Å². The van der Waals surface area contributed by atoms with Gasteiger partial charge in [0.15, 0.2) is 0 Å². The lowest BCUT2D eigenvalue weighted by Crippen LogP contribution is -2.50. The molecule has 0 spiro atoms. The van der Waals surface area contributed by atoms with Crippen molar-refractivity contribution in [1.29, 1.82) is 5.26 Å². The Morgan fingerprint density at radius 3 is 2.58 bits per heavy atom. The number of amides is 1. The van der Waals surface area contributed by atoms with Gasteiger partial charge >= 0.3 is 0 Å². The molecule has 140 valence electrons. The van der Waals surface area contributed by atoms with Crippen molar-refractivity contribution in [3.05, 3.63) is 35.9 Å². The molecule has 1 saturated carbocycles. The van der Waals surface area contributed by atoms with Crippen molar-refractivity contribution < 1.29 is 9.90 Å². The van der Waals surface area contributed by atoms with Crippen LogP contribution in [0.4, 0.5) is 0 Å². The predicted octanol–water partition coefficient (Wildman–Crippen LogP) is 1.01. The molecule has 0 heterocycles. The molecule has 1 atom stereocenters. The molecule has 1 aliphatic carbocycles. The van der Waals surface area contributed by atoms with E-state index in [1.165, 1.54) is 12.5 Å². The number of aliphatic hydroxyl groups is 1. The second-order valence-electron chi connectivity index (χ2n) is 6.77. The van der Waals surface area contributed by atoms with Gasteiger partial charge in [-0.1, -0.05) is 30.3 Å². The van der Waals surface area contributed by atoms with E-state index in [1.54, 1.807) is 13.2 Å². The summed E-state index contributed by atoms with van der Waals surface area (Å²) < 4.78 is 0. The van der Waals surface area contributed by atoms with Gasteiger partial charge in [-0.05, 0) is 38.2 Å². The number of guanidine groups is 1. The second kappa shape index (κ2) is 9.20. The molecule has 1 aromatic carbocycles. The van der Waals surface area contributed by atoms with Crippen molar-refractivity contribution in [3.8, 4) is 6.19 Å². The molecular weight excluding hydrogens is 330 g/mol. The Morgan fingerprint density at radius 1 is 1.38 bits per heavy atom. The highest BCUT2D eigenvalue weighted by Gasteiger charge is 2.37. The minimum absolute atomic E-state index is 0.157. The molecular formula is C19H27N5O2. The van der Waals surface area contributed by atoms with E-state index in [4.69, 9.17) is 5.26 Å². The van der Waals surface area contributed by atoms with Crippen molar-refractivity contribution >= 4 is 11.9 Å². The molecule has 1 fully saturated rings. The summed E-state index contributed by atoms with van der Waals surface area (Å²) in [7, 11) is 1.73. The first-order chi connectivity index (χ1) is 12.5. The monoisotopic (exact) mass is 357 g/mol. The van der Waals surface area contributed by atoms with Gasteiger partial charge < -0.3 is 21.1 Å². The average molecular weight is 357 g/mol. The first-order valence-electron chi connectivity index (χ1n) is 8.93. The second-order valence-corrected chi connectivity index (χ2v) is 6.77. The summed E-state index contributed by atoms with van der Waals surface area (Å²) in [6.45, 7) is 1.97. The van der Waals surface area contributed by atoms with E-state index in [1.807, 2.05) is 18.2 Å². The molecule has 1 aromatic rings. The van der Waals surface area contributed by atoms with E-state index in [-0.39, 0.29) is 17.4 Å². The number of nitrogens with one attached hydrogen (secondary N) is 3. The number of nitrogens with zero attached hydrogens (tertiary/aromatic N) is 2. The molecule has 26 heavy (non-hydrogen) atoms. The molecule has 0 saturated heterocycles. The minimum atomic E-state index is -1.01. The summed E-state index contributed by atoms with van der Waals surface area (Å²) >= 11 is 0. The van der Waals surface area contributed by atoms with Crippen LogP contribution in [0, 0.1) is 11.5 Å². The summed E-state index contributed by atoms with van der Waals surface area (Å²) in [5.41, 5.74) is 1.04. The zero-order chi connectivity index (χ0) is 19.0. The van der Waals surface area contributed by atoms with E-state index < -0.39 is 6.10 Å². The molecule has 0 bridgehead atoms. The van der Waals surface area contributed by atoms with Crippen LogP contribution in [0.25, 0.3) is 0 Å². The van der Waals surface area contributed by atoms with Gasteiger partial charge in [0.05, 0.1) is 0 Å². The van der Waals surface area contributed by atoms with E-state index in [2.05, 4.69) is 33.1 Å². The fraction of sp³-hybridized carbons (Fsp3) is 0.526. The number of rotatable bonds is 5. The topological polar surface area (TPSA) is 110 Å². The van der Waals surface area contributed by atoms with E-state index >= 15 is 0 Å². The van der Waals surface area contributed by atoms with Crippen LogP contribution in [0.5, 0.6) is 0 Å². The Morgan fingerprint density at radius 2 is 2.04 bits per heavy atom. The Labute approximate surface area is 154 Å². The van der Waals surface area contributed by atoms with Crippen molar-refractivity contribution in [1.82, 2.24) is 16.0 Å². The largest absolute Gasteiger partial charge is 0.384 e. The van der Waals surface area contributed by atoms with Crippen LogP contribution < -0.4 is 16.0 Å². The van der Waals surface area contributed by atoms with Crippen molar-refractivity contribution in [2.75, 3.05) is 13.6 Å². The van der Waals surface area contributed by atoms with Gasteiger partial charge in [-0.25, -0.2) is 0 Å². The summed E-state index contributed by atoms with van der Waals surface area (Å²) in [6, 6.07) is 10.4. The molecule has 1 amide bonds. The third-order valence-electron chi connectivity index (χ3n) is 5.05. The number of aliphatic imine (C=N–C) groups is 1. The lowest BCUT2D eigenvalue weighted by molar-refractivity contribution is -0.128. The molecule has 0 aromatic heterocycles. The van der Waals surface area contributed by atoms with Gasteiger partial charge in [-0.2, -0.15) is 5.26 Å². The predicted molar refractivity (Wildman–Crippen MR) is 100 cm³/mol. The Bertz CT molecular complexity index is 658. The maximum absolute atomic E-state index is 11.9. The number of hydrogen-bond acceptors (Lipinski definition) is 4. The number of carbonyl (C=O) groups is 1. The summed E-state index contributed by atoms with van der Waals surface area (Å²) in [5, 5.41) is 27.2. The molecule has 0 radical (unpaired) electrons. The smallest absolute Gasteiger partial charge is 0.248 e. The van der Waals surface area contributed by atoms with Crippen LogP contribution in [0.1, 0.15) is 38.2 Å². The van der Waals surface area contributed by atoms with Crippen LogP contribution >= 0.6 is 0 Å². The lowest BCUT2D eigenvalue weighted by Gasteiger charge is -2.41. The molecule has 7 nitrogen and oxygen atoms in total. The van der Waals surface area contributed by atoms with Crippen LogP contribution in [0.3, 0.4) is 0 Å². The number of hydrogen-bond donors (Lipinski definition) is 4. The summed E-state index contributed by atoms with van der Waals surface area (Å²) in [5.74, 6) is 0.131. The fourth-order valence-electron chi connectivity index (χ4n) is 3.48. The lowest BCUT2D eigenvalue weighted by atomic mass is 9.68. The number of benzene rings is 1. The summed E-state index contributed by atoms with van der Waals surface area (Å²) in [6.07, 6.45) is 4.34. The molecule has 0 aliphatic heterocycles. The molecule has 1 aliphatic rings. The third kappa shape index (κ3) is 4.96. The van der Waals surface area contributed by atoms with Gasteiger partial charge in [0.1, 0.15) is 6.10 Å². The normalized spacial score (nSPS) is 24.2. The number of carbonyl (C=O) groups excluding carboxylic acids is 1. The Balaban J connectivity index is 2.09. The van der Waals surface area contributed by atoms with Crippen molar-refractivity contribution in [3.63, 3.8) is 0 Å². The standard InChI is InChI=1S/C19H27N5O2/c1-14(25)17(26)22-12-19(15-6-4-3-5-7-15)10-8-16(9-11-19)24-18(21-2)23-13-20/h3-7,14,16,25H,8-12H2,1-2H3,(H,22,26)(H2,21,23,24)/t14?,16-,19-. The highest BCUT2D eigenvalue weighted by Crippen LogP contribution is 2.39. The van der Waals surface area contributed by atoms with Crippen molar-refractivity contribution in [2.45, 2.75) is 50.2 Å². The number of nitriles is 1. The van der Waals surface area contributed by atoms with Crippen molar-refractivity contribution in [2.24, 2.45) is 4.99 Å².